The topological polar surface area (TPSA) is 238 Å². The van der Waals surface area contributed by atoms with Crippen LogP contribution in [-0.2, 0) is 28.6 Å². The molecular formula is C41H33N7O10S3. The van der Waals surface area contributed by atoms with Gasteiger partial charge in [0.15, 0.2) is 15.6 Å². The number of anilines is 2. The average molecular weight is 880 g/mol. The number of hydrogen-bond acceptors (Lipinski definition) is 19. The fourth-order valence-electron chi connectivity index (χ4n) is 5.99. The summed E-state index contributed by atoms with van der Waals surface area (Å²) in [7, 11) is -3.40. The van der Waals surface area contributed by atoms with Gasteiger partial charge in [0.1, 0.15) is 17.1 Å². The number of nitrogens with one attached hydrogen (secondary N) is 1. The van der Waals surface area contributed by atoms with E-state index in [-0.39, 0.29) is 38.4 Å². The second-order valence-corrected chi connectivity index (χ2v) is 16.5. The summed E-state index contributed by atoms with van der Waals surface area (Å²) in [5, 5.41) is 78.8. The van der Waals surface area contributed by atoms with Gasteiger partial charge in [0.2, 0.25) is 0 Å². The van der Waals surface area contributed by atoms with Gasteiger partial charge < -0.3 is 15.5 Å². The molecule has 7 aromatic carbocycles. The summed E-state index contributed by atoms with van der Waals surface area (Å²) >= 11 is 1.30. The van der Waals surface area contributed by atoms with E-state index in [9.17, 15) is 18.6 Å². The maximum atomic E-state index is 12.5. The van der Waals surface area contributed by atoms with Gasteiger partial charge >= 0.3 is 0 Å². The van der Waals surface area contributed by atoms with Crippen molar-refractivity contribution in [1.29, 1.82) is 0 Å². The number of hydrogen-bond donors (Lipinski definition) is 5. The fraction of sp³-hybridized carbons (Fsp3) is 0.0732. The highest BCUT2D eigenvalue weighted by Gasteiger charge is 2.17. The van der Waals surface area contributed by atoms with Gasteiger partial charge in [-0.05, 0) is 103 Å². The SMILES string of the molecule is CCCS(=O)(=O)c1ccc(/N=N/c2ccc(/N=N/c3c(SOOO)cc4ccc(N=Nc5ccc(Nc6ccccc6)cc5O)cc4c3O)c3cc(SOOO)ccc23)cc1. The highest BCUT2D eigenvalue weighted by Crippen LogP contribution is 2.46. The number of sulfone groups is 1. The Morgan fingerprint density at radius 1 is 0.607 bits per heavy atom. The third-order valence-corrected chi connectivity index (χ3v) is 11.9. The molecular weight excluding hydrogens is 847 g/mol. The summed E-state index contributed by atoms with van der Waals surface area (Å²) in [6, 6.07) is 35.4. The summed E-state index contributed by atoms with van der Waals surface area (Å²) in [4.78, 5) is 0.923. The summed E-state index contributed by atoms with van der Waals surface area (Å²) in [6.45, 7) is 1.80. The van der Waals surface area contributed by atoms with Gasteiger partial charge in [-0.3, -0.25) is 0 Å². The second-order valence-electron chi connectivity index (χ2n) is 12.8. The van der Waals surface area contributed by atoms with Crippen LogP contribution < -0.4 is 5.32 Å². The molecule has 7 aromatic rings. The Hall–Kier alpha value is -6.33. The van der Waals surface area contributed by atoms with Gasteiger partial charge in [0.05, 0.1) is 62.4 Å². The van der Waals surface area contributed by atoms with E-state index in [0.29, 0.717) is 73.3 Å². The molecule has 0 bridgehead atoms. The zero-order chi connectivity index (χ0) is 42.8. The predicted molar refractivity (Wildman–Crippen MR) is 230 cm³/mol. The standard InChI is InChI=1S/C41H33N7O10S3/c1-2-20-61(53,54)31-14-10-27(11-15-31)43-45-35-18-19-36(34-24-30(59-57-55-51)13-16-32(34)35)46-48-40-39(60-58-56-52)21-25-8-9-29(22-33(25)41(40)50)44-47-37-17-12-28(23-38(37)49)42-26-6-4-3-5-7-26/h3-19,21-24,42,49-52H,2,20H2,1H3/b45-43+,47-44?,48-46+. The van der Waals surface area contributed by atoms with E-state index in [0.717, 1.165) is 17.7 Å². The van der Waals surface area contributed by atoms with Crippen molar-refractivity contribution >= 4 is 101 Å². The van der Waals surface area contributed by atoms with Crippen molar-refractivity contribution in [1.82, 2.24) is 0 Å². The Balaban J connectivity index is 1.21. The van der Waals surface area contributed by atoms with E-state index in [4.69, 9.17) is 14.8 Å². The number of phenols is 2. The first-order chi connectivity index (χ1) is 29.6. The fourth-order valence-corrected chi connectivity index (χ4v) is 8.21. The largest absolute Gasteiger partial charge is 0.506 e. The van der Waals surface area contributed by atoms with Crippen molar-refractivity contribution in [3.05, 3.63) is 127 Å². The maximum absolute atomic E-state index is 12.5. The summed E-state index contributed by atoms with van der Waals surface area (Å²) < 4.78 is 34.3. The average Bonchev–Trinajstić information content (AvgIpc) is 3.27. The van der Waals surface area contributed by atoms with Gasteiger partial charge in [-0.15, -0.1) is 29.1 Å². The number of phenolic OH excluding ortho intramolecular Hbond substituents is 2. The molecule has 5 N–H and O–H groups in total. The molecule has 0 atom stereocenters. The molecule has 7 rings (SSSR count). The highest BCUT2D eigenvalue weighted by molar-refractivity contribution is 7.95. The lowest BCUT2D eigenvalue weighted by Gasteiger charge is -2.10. The Labute approximate surface area is 356 Å². The molecule has 61 heavy (non-hydrogen) atoms. The molecule has 0 saturated heterocycles. The molecule has 0 aliphatic carbocycles. The van der Waals surface area contributed by atoms with Crippen molar-refractivity contribution in [2.45, 2.75) is 28.0 Å². The number of benzene rings is 7. The van der Waals surface area contributed by atoms with Crippen LogP contribution in [0.2, 0.25) is 0 Å². The minimum Gasteiger partial charge on any atom is -0.506 e. The van der Waals surface area contributed by atoms with Crippen LogP contribution in [0.4, 0.5) is 45.5 Å². The molecule has 0 fully saturated rings. The van der Waals surface area contributed by atoms with Crippen LogP contribution in [0.3, 0.4) is 0 Å². The molecule has 0 amide bonds. The number of nitrogens with zero attached hydrogens (tertiary/aromatic N) is 6. The van der Waals surface area contributed by atoms with E-state index in [1.807, 2.05) is 30.3 Å². The van der Waals surface area contributed by atoms with Crippen LogP contribution in [0, 0.1) is 0 Å². The highest BCUT2D eigenvalue weighted by atomic mass is 32.2. The van der Waals surface area contributed by atoms with Crippen molar-refractivity contribution in [2.24, 2.45) is 30.7 Å². The first-order valence-electron chi connectivity index (χ1n) is 18.0. The predicted octanol–water partition coefficient (Wildman–Crippen LogP) is 13.4. The lowest BCUT2D eigenvalue weighted by Crippen LogP contribution is -2.05. The van der Waals surface area contributed by atoms with Crippen molar-refractivity contribution in [3.63, 3.8) is 0 Å². The molecule has 0 aliphatic rings. The van der Waals surface area contributed by atoms with E-state index < -0.39 is 9.84 Å². The number of para-hydroxylation sites is 1. The smallest absolute Gasteiger partial charge is 0.178 e. The van der Waals surface area contributed by atoms with Crippen molar-refractivity contribution in [2.75, 3.05) is 11.1 Å². The quantitative estimate of drug-likeness (QED) is 0.0248. The zero-order valence-corrected chi connectivity index (χ0v) is 34.1. The monoisotopic (exact) mass is 879 g/mol. The third-order valence-electron chi connectivity index (χ3n) is 8.80. The van der Waals surface area contributed by atoms with E-state index in [1.54, 1.807) is 85.8 Å². The number of rotatable bonds is 17. The molecule has 0 unspecified atom stereocenters. The van der Waals surface area contributed by atoms with E-state index in [1.165, 1.54) is 18.2 Å². The molecule has 17 nitrogen and oxygen atoms in total. The number of fused-ring (bicyclic) bond motifs is 2. The Morgan fingerprint density at radius 3 is 2.02 bits per heavy atom. The first-order valence-corrected chi connectivity index (χ1v) is 21.2. The van der Waals surface area contributed by atoms with E-state index >= 15 is 0 Å². The maximum Gasteiger partial charge on any atom is 0.178 e. The Bertz CT molecular complexity index is 2890. The minimum absolute atomic E-state index is 0.0379. The zero-order valence-electron chi connectivity index (χ0n) is 31.7. The molecule has 0 saturated carbocycles. The van der Waals surface area contributed by atoms with Gasteiger partial charge in [0, 0.05) is 38.5 Å². The van der Waals surface area contributed by atoms with Gasteiger partial charge in [-0.1, -0.05) is 47.3 Å². The summed E-state index contributed by atoms with van der Waals surface area (Å²) in [6.07, 6.45) is 0.496. The molecule has 0 heterocycles. The van der Waals surface area contributed by atoms with Crippen LogP contribution in [0.5, 0.6) is 11.5 Å². The van der Waals surface area contributed by atoms with Crippen LogP contribution in [-0.4, -0.2) is 34.9 Å². The molecule has 0 aliphatic heterocycles. The molecule has 0 aromatic heterocycles. The van der Waals surface area contributed by atoms with Gasteiger partial charge in [0.25, 0.3) is 0 Å². The normalized spacial score (nSPS) is 12.1. The molecule has 20 heteroatoms. The second kappa shape index (κ2) is 19.8. The summed E-state index contributed by atoms with van der Waals surface area (Å²) in [5.74, 6) is -0.371. The Kier molecular flexibility index (Phi) is 13.9. The number of azo groups is 3. The van der Waals surface area contributed by atoms with Crippen LogP contribution in [0.1, 0.15) is 13.3 Å². The number of aromatic hydroxyl groups is 2. The molecule has 0 radical (unpaired) electrons. The lowest BCUT2D eigenvalue weighted by molar-refractivity contribution is -0.432. The lowest BCUT2D eigenvalue weighted by atomic mass is 10.1. The van der Waals surface area contributed by atoms with Crippen molar-refractivity contribution < 1.29 is 47.9 Å². The molecule has 0 spiro atoms. The van der Waals surface area contributed by atoms with Crippen molar-refractivity contribution in [3.8, 4) is 11.5 Å². The van der Waals surface area contributed by atoms with Gasteiger partial charge in [-0.25, -0.2) is 18.9 Å². The van der Waals surface area contributed by atoms with Crippen LogP contribution in [0.25, 0.3) is 21.5 Å². The minimum atomic E-state index is -3.40. The van der Waals surface area contributed by atoms with Crippen LogP contribution >= 0.6 is 24.1 Å². The first kappa shape index (κ1) is 42.8. The van der Waals surface area contributed by atoms with E-state index in [2.05, 4.69) is 50.4 Å². The van der Waals surface area contributed by atoms with Gasteiger partial charge in [-0.2, -0.15) is 10.2 Å². The van der Waals surface area contributed by atoms with Crippen LogP contribution in [0.15, 0.2) is 173 Å². The molecule has 310 valence electrons. The third kappa shape index (κ3) is 10.5. The summed E-state index contributed by atoms with van der Waals surface area (Å²) in [5.41, 5.74) is 3.19. The Morgan fingerprint density at radius 2 is 1.28 bits per heavy atom.